The van der Waals surface area contributed by atoms with Gasteiger partial charge in [0, 0.05) is 36.2 Å². The summed E-state index contributed by atoms with van der Waals surface area (Å²) in [6.45, 7) is 2.31. The van der Waals surface area contributed by atoms with Crippen LogP contribution < -0.4 is 5.32 Å². The Kier molecular flexibility index (Phi) is 4.64. The Morgan fingerprint density at radius 3 is 2.50 bits per heavy atom. The van der Waals surface area contributed by atoms with E-state index in [0.717, 1.165) is 0 Å². The highest BCUT2D eigenvalue weighted by Crippen LogP contribution is 2.31. The Morgan fingerprint density at radius 1 is 1.22 bits per heavy atom. The first-order valence-corrected chi connectivity index (χ1v) is 6.57. The van der Waals surface area contributed by atoms with Crippen LogP contribution in [0.4, 0.5) is 13.2 Å². The lowest BCUT2D eigenvalue weighted by Crippen LogP contribution is -2.47. The van der Waals surface area contributed by atoms with Gasteiger partial charge >= 0.3 is 0 Å². The van der Waals surface area contributed by atoms with Crippen molar-refractivity contribution in [3.05, 3.63) is 34.1 Å². The van der Waals surface area contributed by atoms with Crippen LogP contribution in [-0.2, 0) is 0 Å². The van der Waals surface area contributed by atoms with Crippen molar-refractivity contribution in [3.63, 3.8) is 0 Å². The molecule has 0 aliphatic carbocycles. The average Bonchev–Trinajstić information content (AvgIpc) is 2.35. The van der Waals surface area contributed by atoms with Crippen LogP contribution in [0.2, 0.25) is 0 Å². The summed E-state index contributed by atoms with van der Waals surface area (Å²) in [5.74, 6) is -0.581. The molecule has 0 aromatic heterocycles. The number of halogens is 4. The van der Waals surface area contributed by atoms with E-state index in [0.29, 0.717) is 30.7 Å². The van der Waals surface area contributed by atoms with Crippen molar-refractivity contribution in [1.29, 1.82) is 0 Å². The van der Waals surface area contributed by atoms with Gasteiger partial charge in [0.05, 0.1) is 6.04 Å². The molecule has 2 rings (SSSR count). The molecular formula is C12H14BrF3N2. The molecule has 1 fully saturated rings. The molecule has 1 aromatic carbocycles. The molecule has 1 heterocycles. The van der Waals surface area contributed by atoms with Gasteiger partial charge in [0.25, 0.3) is 6.43 Å². The largest absolute Gasteiger partial charge is 0.314 e. The van der Waals surface area contributed by atoms with E-state index in [-0.39, 0.29) is 5.56 Å². The summed E-state index contributed by atoms with van der Waals surface area (Å²) in [6.07, 6.45) is -2.60. The fraction of sp³-hybridized carbons (Fsp3) is 0.500. The van der Waals surface area contributed by atoms with Crippen molar-refractivity contribution in [3.8, 4) is 0 Å². The van der Waals surface area contributed by atoms with E-state index in [9.17, 15) is 13.2 Å². The monoisotopic (exact) mass is 322 g/mol. The highest BCUT2D eigenvalue weighted by Gasteiger charge is 2.32. The standard InChI is InChI=1S/C12H14BrF3N2/c13-8-1-2-10(14)9(7-8)11(12(15)16)18-5-3-17-4-6-18/h1-2,7,11-12,17H,3-6H2/t11-/m0/s1. The Morgan fingerprint density at radius 2 is 1.89 bits per heavy atom. The van der Waals surface area contributed by atoms with Crippen LogP contribution in [0.15, 0.2) is 22.7 Å². The molecule has 1 saturated heterocycles. The minimum Gasteiger partial charge on any atom is -0.314 e. The predicted molar refractivity (Wildman–Crippen MR) is 67.3 cm³/mol. The second-order valence-corrected chi connectivity index (χ2v) is 5.15. The summed E-state index contributed by atoms with van der Waals surface area (Å²) in [7, 11) is 0. The van der Waals surface area contributed by atoms with E-state index < -0.39 is 18.3 Å². The third-order valence-electron chi connectivity index (χ3n) is 3.06. The van der Waals surface area contributed by atoms with E-state index in [2.05, 4.69) is 21.2 Å². The fourth-order valence-electron chi connectivity index (χ4n) is 2.19. The highest BCUT2D eigenvalue weighted by atomic mass is 79.9. The van der Waals surface area contributed by atoms with E-state index in [1.54, 1.807) is 4.90 Å². The van der Waals surface area contributed by atoms with Crippen molar-refractivity contribution in [2.24, 2.45) is 0 Å². The third kappa shape index (κ3) is 3.05. The molecule has 0 spiro atoms. The zero-order valence-electron chi connectivity index (χ0n) is 9.67. The Hall–Kier alpha value is -0.590. The van der Waals surface area contributed by atoms with E-state index in [1.165, 1.54) is 18.2 Å². The second-order valence-electron chi connectivity index (χ2n) is 4.23. The number of nitrogens with zero attached hydrogens (tertiary/aromatic N) is 1. The van der Waals surface area contributed by atoms with Crippen LogP contribution in [0.1, 0.15) is 11.6 Å². The van der Waals surface area contributed by atoms with Gasteiger partial charge in [-0.25, -0.2) is 13.2 Å². The number of rotatable bonds is 3. The van der Waals surface area contributed by atoms with Gasteiger partial charge in [0.2, 0.25) is 0 Å². The summed E-state index contributed by atoms with van der Waals surface area (Å²) < 4.78 is 40.8. The van der Waals surface area contributed by atoms with Crippen LogP contribution >= 0.6 is 15.9 Å². The summed E-state index contributed by atoms with van der Waals surface area (Å²) in [5, 5.41) is 3.10. The molecule has 6 heteroatoms. The number of benzene rings is 1. The first-order valence-electron chi connectivity index (χ1n) is 5.77. The van der Waals surface area contributed by atoms with Crippen molar-refractivity contribution >= 4 is 15.9 Å². The van der Waals surface area contributed by atoms with E-state index in [1.807, 2.05) is 0 Å². The predicted octanol–water partition coefficient (Wildman–Crippen LogP) is 2.80. The van der Waals surface area contributed by atoms with Gasteiger partial charge in [-0.1, -0.05) is 15.9 Å². The van der Waals surface area contributed by atoms with Crippen LogP contribution in [0, 0.1) is 5.82 Å². The van der Waals surface area contributed by atoms with Crippen LogP contribution in [0.5, 0.6) is 0 Å². The van der Waals surface area contributed by atoms with E-state index >= 15 is 0 Å². The second kappa shape index (κ2) is 6.04. The molecule has 2 nitrogen and oxygen atoms in total. The van der Waals surface area contributed by atoms with Crippen molar-refractivity contribution in [1.82, 2.24) is 10.2 Å². The maximum atomic E-state index is 13.7. The molecule has 18 heavy (non-hydrogen) atoms. The fourth-order valence-corrected chi connectivity index (χ4v) is 2.57. The number of alkyl halides is 2. The molecule has 1 atom stereocenters. The molecule has 0 saturated carbocycles. The SMILES string of the molecule is Fc1ccc(Br)cc1[C@@H](C(F)F)N1CCNCC1. The van der Waals surface area contributed by atoms with Crippen molar-refractivity contribution in [2.45, 2.75) is 12.5 Å². The third-order valence-corrected chi connectivity index (χ3v) is 3.55. The molecule has 0 radical (unpaired) electrons. The van der Waals surface area contributed by atoms with Gasteiger partial charge in [-0.15, -0.1) is 0 Å². The van der Waals surface area contributed by atoms with Crippen LogP contribution in [-0.4, -0.2) is 37.5 Å². The van der Waals surface area contributed by atoms with Gasteiger partial charge in [-0.3, -0.25) is 4.90 Å². The molecule has 1 aromatic rings. The summed E-state index contributed by atoms with van der Waals surface area (Å²) in [4.78, 5) is 1.63. The van der Waals surface area contributed by atoms with Gasteiger partial charge in [-0.05, 0) is 18.2 Å². The Labute approximate surface area is 112 Å². The van der Waals surface area contributed by atoms with Gasteiger partial charge < -0.3 is 5.32 Å². The summed E-state index contributed by atoms with van der Waals surface area (Å²) >= 11 is 3.20. The number of piperazine rings is 1. The number of hydrogen-bond donors (Lipinski definition) is 1. The van der Waals surface area contributed by atoms with Gasteiger partial charge in [0.1, 0.15) is 5.82 Å². The first kappa shape index (κ1) is 13.8. The summed E-state index contributed by atoms with van der Waals surface area (Å²) in [6, 6.07) is 2.99. The highest BCUT2D eigenvalue weighted by molar-refractivity contribution is 9.10. The lowest BCUT2D eigenvalue weighted by atomic mass is 10.0. The minimum atomic E-state index is -2.60. The molecule has 100 valence electrons. The maximum absolute atomic E-state index is 13.7. The molecule has 1 aliphatic rings. The maximum Gasteiger partial charge on any atom is 0.258 e. The van der Waals surface area contributed by atoms with Crippen LogP contribution in [0.25, 0.3) is 0 Å². The van der Waals surface area contributed by atoms with Crippen molar-refractivity contribution in [2.75, 3.05) is 26.2 Å². The van der Waals surface area contributed by atoms with Crippen molar-refractivity contribution < 1.29 is 13.2 Å². The smallest absolute Gasteiger partial charge is 0.258 e. The normalized spacial score (nSPS) is 19.2. The van der Waals surface area contributed by atoms with Gasteiger partial charge in [-0.2, -0.15) is 0 Å². The summed E-state index contributed by atoms with van der Waals surface area (Å²) in [5.41, 5.74) is 0.0567. The zero-order chi connectivity index (χ0) is 13.1. The number of nitrogens with one attached hydrogen (secondary N) is 1. The average molecular weight is 323 g/mol. The van der Waals surface area contributed by atoms with Gasteiger partial charge in [0.15, 0.2) is 0 Å². The quantitative estimate of drug-likeness (QED) is 0.920. The molecule has 0 bridgehead atoms. The molecule has 0 unspecified atom stereocenters. The number of hydrogen-bond acceptors (Lipinski definition) is 2. The molecular weight excluding hydrogens is 309 g/mol. The Balaban J connectivity index is 2.31. The Bertz CT molecular complexity index is 408. The lowest BCUT2D eigenvalue weighted by molar-refractivity contribution is 0.0164. The molecule has 0 amide bonds. The first-order chi connectivity index (χ1) is 8.59. The van der Waals surface area contributed by atoms with Crippen LogP contribution in [0.3, 0.4) is 0 Å². The zero-order valence-corrected chi connectivity index (χ0v) is 11.3. The molecule has 1 aliphatic heterocycles. The topological polar surface area (TPSA) is 15.3 Å². The molecule has 1 N–H and O–H groups in total. The minimum absolute atomic E-state index is 0.0567. The van der Waals surface area contributed by atoms with E-state index in [4.69, 9.17) is 0 Å². The lowest BCUT2D eigenvalue weighted by Gasteiger charge is -2.34.